The largest absolute Gasteiger partial charge is 0.456 e. The molecule has 0 aliphatic rings. The topological polar surface area (TPSA) is 52.1 Å². The molecular formula is C17H13FN2O2S. The molecule has 23 heavy (non-hydrogen) atoms. The minimum atomic E-state index is -0.605. The molecule has 0 spiro atoms. The van der Waals surface area contributed by atoms with Crippen molar-refractivity contribution in [1.82, 2.24) is 9.97 Å². The second-order valence-electron chi connectivity index (χ2n) is 4.86. The molecule has 2 aromatic heterocycles. The van der Waals surface area contributed by atoms with Gasteiger partial charge in [-0.05, 0) is 13.0 Å². The van der Waals surface area contributed by atoms with Crippen molar-refractivity contribution in [2.24, 2.45) is 0 Å². The number of aryl methyl sites for hydroxylation is 1. The summed E-state index contributed by atoms with van der Waals surface area (Å²) in [4.78, 5) is 20.9. The summed E-state index contributed by atoms with van der Waals surface area (Å²) in [6.45, 7) is 1.97. The summed E-state index contributed by atoms with van der Waals surface area (Å²) < 4.78 is 18.3. The van der Waals surface area contributed by atoms with Crippen molar-refractivity contribution in [2.75, 3.05) is 0 Å². The molecule has 3 rings (SSSR count). The van der Waals surface area contributed by atoms with Crippen LogP contribution in [0.4, 0.5) is 4.39 Å². The normalized spacial score (nSPS) is 10.5. The fourth-order valence-electron chi connectivity index (χ4n) is 2.00. The summed E-state index contributed by atoms with van der Waals surface area (Å²) in [6, 6.07) is 10.9. The molecular weight excluding hydrogens is 315 g/mol. The van der Waals surface area contributed by atoms with E-state index in [2.05, 4.69) is 9.97 Å². The van der Waals surface area contributed by atoms with Crippen molar-refractivity contribution in [2.45, 2.75) is 13.5 Å². The summed E-state index contributed by atoms with van der Waals surface area (Å²) in [5.41, 5.74) is 1.93. The van der Waals surface area contributed by atoms with Gasteiger partial charge in [-0.2, -0.15) is 0 Å². The summed E-state index contributed by atoms with van der Waals surface area (Å²) in [6.07, 6.45) is 2.32. The molecule has 0 atom stereocenters. The van der Waals surface area contributed by atoms with Gasteiger partial charge >= 0.3 is 5.97 Å². The number of nitrogens with zero attached hydrogens (tertiary/aromatic N) is 2. The first-order valence-electron chi connectivity index (χ1n) is 6.93. The zero-order valence-electron chi connectivity index (χ0n) is 12.3. The number of esters is 1. The van der Waals surface area contributed by atoms with E-state index in [-0.39, 0.29) is 12.2 Å². The van der Waals surface area contributed by atoms with E-state index >= 15 is 0 Å². The number of pyridine rings is 1. The van der Waals surface area contributed by atoms with Crippen molar-refractivity contribution in [3.63, 3.8) is 0 Å². The van der Waals surface area contributed by atoms with Gasteiger partial charge in [-0.3, -0.25) is 4.98 Å². The smallest absolute Gasteiger partial charge is 0.340 e. The highest BCUT2D eigenvalue weighted by Gasteiger charge is 2.13. The van der Waals surface area contributed by atoms with E-state index in [4.69, 9.17) is 4.74 Å². The van der Waals surface area contributed by atoms with Crippen molar-refractivity contribution in [3.8, 4) is 10.6 Å². The van der Waals surface area contributed by atoms with Crippen LogP contribution in [0.1, 0.15) is 20.9 Å². The first-order valence-corrected chi connectivity index (χ1v) is 7.74. The lowest BCUT2D eigenvalue weighted by Crippen LogP contribution is -2.06. The number of halogens is 1. The van der Waals surface area contributed by atoms with Crippen molar-refractivity contribution >= 4 is 17.3 Å². The predicted octanol–water partition coefficient (Wildman–Crippen LogP) is 4.01. The molecule has 3 aromatic rings. The SMILES string of the molecule is Cc1nc(-c2ccccc2)sc1COC(=O)c1cncc(F)c1. The number of carbonyl (C=O) groups excluding carboxylic acids is 1. The van der Waals surface area contributed by atoms with E-state index in [0.717, 1.165) is 33.4 Å². The molecule has 0 radical (unpaired) electrons. The zero-order valence-corrected chi connectivity index (χ0v) is 13.1. The van der Waals surface area contributed by atoms with E-state index in [1.807, 2.05) is 37.3 Å². The number of thiazole rings is 1. The van der Waals surface area contributed by atoms with Crippen LogP contribution < -0.4 is 0 Å². The summed E-state index contributed by atoms with van der Waals surface area (Å²) in [7, 11) is 0. The minimum Gasteiger partial charge on any atom is -0.456 e. The highest BCUT2D eigenvalue weighted by atomic mass is 32.1. The standard InChI is InChI=1S/C17H13FN2O2S/c1-11-15(23-16(20-11)12-5-3-2-4-6-12)10-22-17(21)13-7-14(18)9-19-8-13/h2-9H,10H2,1H3. The van der Waals surface area contributed by atoms with Crippen LogP contribution in [0.5, 0.6) is 0 Å². The third kappa shape index (κ3) is 3.60. The van der Waals surface area contributed by atoms with Gasteiger partial charge in [-0.1, -0.05) is 30.3 Å². The molecule has 0 aliphatic carbocycles. The zero-order chi connectivity index (χ0) is 16.2. The second kappa shape index (κ2) is 6.66. The molecule has 2 heterocycles. The Balaban J connectivity index is 1.71. The van der Waals surface area contributed by atoms with E-state index in [9.17, 15) is 9.18 Å². The van der Waals surface area contributed by atoms with Gasteiger partial charge in [0.05, 0.1) is 22.3 Å². The van der Waals surface area contributed by atoms with Crippen molar-refractivity contribution < 1.29 is 13.9 Å². The lowest BCUT2D eigenvalue weighted by molar-refractivity contribution is 0.0475. The third-order valence-electron chi connectivity index (χ3n) is 3.19. The van der Waals surface area contributed by atoms with Crippen LogP contribution >= 0.6 is 11.3 Å². The Hall–Kier alpha value is -2.60. The van der Waals surface area contributed by atoms with E-state index in [0.29, 0.717) is 0 Å². The monoisotopic (exact) mass is 328 g/mol. The van der Waals surface area contributed by atoms with Gasteiger partial charge in [0.2, 0.25) is 0 Å². The van der Waals surface area contributed by atoms with Crippen molar-refractivity contribution in [3.05, 3.63) is 70.7 Å². The van der Waals surface area contributed by atoms with Gasteiger partial charge in [0.25, 0.3) is 0 Å². The van der Waals surface area contributed by atoms with Crippen LogP contribution in [0.25, 0.3) is 10.6 Å². The van der Waals surface area contributed by atoms with E-state index in [1.165, 1.54) is 17.5 Å². The molecule has 0 saturated heterocycles. The highest BCUT2D eigenvalue weighted by Crippen LogP contribution is 2.28. The fourth-order valence-corrected chi connectivity index (χ4v) is 2.99. The Morgan fingerprint density at radius 3 is 2.78 bits per heavy atom. The Bertz CT molecular complexity index is 834. The fraction of sp³-hybridized carbons (Fsp3) is 0.118. The van der Waals surface area contributed by atoms with Crippen LogP contribution in [0.2, 0.25) is 0 Å². The van der Waals surface area contributed by atoms with Gasteiger partial charge in [0, 0.05) is 11.8 Å². The molecule has 6 heteroatoms. The number of aromatic nitrogens is 2. The molecule has 0 saturated carbocycles. The summed E-state index contributed by atoms with van der Waals surface area (Å²) >= 11 is 1.47. The van der Waals surface area contributed by atoms with Crippen LogP contribution in [-0.2, 0) is 11.3 Å². The van der Waals surface area contributed by atoms with Gasteiger partial charge in [-0.15, -0.1) is 11.3 Å². The third-order valence-corrected chi connectivity index (χ3v) is 4.37. The number of benzene rings is 1. The molecule has 0 N–H and O–H groups in total. The van der Waals surface area contributed by atoms with Gasteiger partial charge in [0.1, 0.15) is 17.4 Å². The number of carbonyl (C=O) groups is 1. The number of ether oxygens (including phenoxy) is 1. The lowest BCUT2D eigenvalue weighted by atomic mass is 10.2. The molecule has 0 aliphatic heterocycles. The average Bonchev–Trinajstić information content (AvgIpc) is 2.94. The van der Waals surface area contributed by atoms with Crippen LogP contribution in [0.3, 0.4) is 0 Å². The first kappa shape index (κ1) is 15.3. The first-order chi connectivity index (χ1) is 11.1. The van der Waals surface area contributed by atoms with E-state index < -0.39 is 11.8 Å². The Kier molecular flexibility index (Phi) is 4.43. The minimum absolute atomic E-state index is 0.0930. The maximum absolute atomic E-state index is 13.1. The maximum atomic E-state index is 13.1. The molecule has 0 bridgehead atoms. The highest BCUT2D eigenvalue weighted by molar-refractivity contribution is 7.15. The van der Waals surface area contributed by atoms with Gasteiger partial charge in [0.15, 0.2) is 0 Å². The quantitative estimate of drug-likeness (QED) is 0.679. The summed E-state index contributed by atoms with van der Waals surface area (Å²) in [5, 5.41) is 0.876. The number of rotatable bonds is 4. The van der Waals surface area contributed by atoms with Crippen molar-refractivity contribution in [1.29, 1.82) is 0 Å². The number of hydrogen-bond donors (Lipinski definition) is 0. The molecule has 4 nitrogen and oxygen atoms in total. The van der Waals surface area contributed by atoms with Gasteiger partial charge in [-0.25, -0.2) is 14.2 Å². The Morgan fingerprint density at radius 1 is 1.26 bits per heavy atom. The molecule has 116 valence electrons. The Morgan fingerprint density at radius 2 is 2.04 bits per heavy atom. The Labute approximate surface area is 136 Å². The van der Waals surface area contributed by atoms with Crippen LogP contribution in [0.15, 0.2) is 48.8 Å². The van der Waals surface area contributed by atoms with Gasteiger partial charge < -0.3 is 4.74 Å². The molecule has 0 amide bonds. The summed E-state index contributed by atoms with van der Waals surface area (Å²) in [5.74, 6) is -1.18. The average molecular weight is 328 g/mol. The van der Waals surface area contributed by atoms with E-state index in [1.54, 1.807) is 0 Å². The van der Waals surface area contributed by atoms with Crippen LogP contribution in [-0.4, -0.2) is 15.9 Å². The molecule has 0 fully saturated rings. The maximum Gasteiger partial charge on any atom is 0.340 e. The van der Waals surface area contributed by atoms with Crippen LogP contribution in [0, 0.1) is 12.7 Å². The predicted molar refractivity (Wildman–Crippen MR) is 85.6 cm³/mol. The number of hydrogen-bond acceptors (Lipinski definition) is 5. The second-order valence-corrected chi connectivity index (χ2v) is 5.95. The molecule has 1 aromatic carbocycles. The molecule has 0 unspecified atom stereocenters. The lowest BCUT2D eigenvalue weighted by Gasteiger charge is -2.03.